The molecule has 13 heavy (non-hydrogen) atoms. The van der Waals surface area contributed by atoms with Crippen LogP contribution in [-0.4, -0.2) is 30.7 Å². The summed E-state index contributed by atoms with van der Waals surface area (Å²) in [6, 6.07) is 0. The van der Waals surface area contributed by atoms with Gasteiger partial charge < -0.3 is 4.74 Å². The predicted molar refractivity (Wildman–Crippen MR) is 53.3 cm³/mol. The first-order chi connectivity index (χ1) is 6.15. The Balaban J connectivity index is 4.07. The minimum atomic E-state index is -0.348. The molecule has 0 aromatic rings. The first-order valence-electron chi connectivity index (χ1n) is 4.68. The zero-order valence-corrected chi connectivity index (χ0v) is 8.75. The van der Waals surface area contributed by atoms with Gasteiger partial charge in [0, 0.05) is 6.08 Å². The second-order valence-electron chi connectivity index (χ2n) is 2.96. The minimum absolute atomic E-state index is 0.111. The summed E-state index contributed by atoms with van der Waals surface area (Å²) in [6.07, 6.45) is 2.95. The average molecular weight is 185 g/mol. The fraction of sp³-hybridized carbons (Fsp3) is 0.700. The maximum Gasteiger partial charge on any atom is 0.331 e. The molecule has 0 rings (SSSR count). The van der Waals surface area contributed by atoms with Gasteiger partial charge in [0.05, 0.1) is 0 Å². The normalized spacial score (nSPS) is 12.6. The summed E-state index contributed by atoms with van der Waals surface area (Å²) in [4.78, 5) is 13.0. The van der Waals surface area contributed by atoms with Gasteiger partial charge in [-0.25, -0.2) is 4.79 Å². The Bertz CT molecular complexity index is 168. The van der Waals surface area contributed by atoms with Crippen LogP contribution in [0.4, 0.5) is 0 Å². The van der Waals surface area contributed by atoms with Crippen molar-refractivity contribution in [3.63, 3.8) is 0 Å². The molecule has 0 spiro atoms. The first-order valence-corrected chi connectivity index (χ1v) is 4.68. The smallest absolute Gasteiger partial charge is 0.331 e. The Hall–Kier alpha value is -0.830. The summed E-state index contributed by atoms with van der Waals surface area (Å²) >= 11 is 0. The molecule has 76 valence electrons. The Morgan fingerprint density at radius 3 is 2.62 bits per heavy atom. The fourth-order valence-electron chi connectivity index (χ4n) is 1.00. The Morgan fingerprint density at radius 1 is 1.62 bits per heavy atom. The van der Waals surface area contributed by atoms with Crippen molar-refractivity contribution in [2.75, 3.05) is 13.6 Å². The van der Waals surface area contributed by atoms with Gasteiger partial charge in [-0.2, -0.15) is 0 Å². The first kappa shape index (κ1) is 12.2. The largest absolute Gasteiger partial charge is 0.443 e. The molecule has 1 unspecified atom stereocenters. The third kappa shape index (κ3) is 4.68. The highest BCUT2D eigenvalue weighted by Gasteiger charge is 2.15. The molecule has 3 nitrogen and oxygen atoms in total. The molecule has 0 amide bonds. The molecule has 0 saturated carbocycles. The SMILES string of the molecule is C=CC(=O)OC(CCC)N(C)CC. The molecule has 1 atom stereocenters. The van der Waals surface area contributed by atoms with Crippen LogP contribution in [0, 0.1) is 0 Å². The van der Waals surface area contributed by atoms with Crippen molar-refractivity contribution in [2.24, 2.45) is 0 Å². The van der Waals surface area contributed by atoms with E-state index in [9.17, 15) is 4.79 Å². The topological polar surface area (TPSA) is 29.5 Å². The number of ether oxygens (including phenoxy) is 1. The average Bonchev–Trinajstić information content (AvgIpc) is 2.15. The van der Waals surface area contributed by atoms with E-state index < -0.39 is 0 Å². The van der Waals surface area contributed by atoms with Gasteiger partial charge >= 0.3 is 5.97 Å². The Kier molecular flexibility index (Phi) is 6.24. The maximum absolute atomic E-state index is 11.0. The summed E-state index contributed by atoms with van der Waals surface area (Å²) in [5.74, 6) is -0.348. The lowest BCUT2D eigenvalue weighted by atomic mass is 10.3. The third-order valence-electron chi connectivity index (χ3n) is 1.94. The number of hydrogen-bond donors (Lipinski definition) is 0. The van der Waals surface area contributed by atoms with Gasteiger partial charge in [-0.15, -0.1) is 0 Å². The van der Waals surface area contributed by atoms with Crippen LogP contribution in [0.5, 0.6) is 0 Å². The summed E-state index contributed by atoms with van der Waals surface area (Å²) < 4.78 is 5.16. The van der Waals surface area contributed by atoms with Crippen LogP contribution in [0.3, 0.4) is 0 Å². The van der Waals surface area contributed by atoms with E-state index in [2.05, 4.69) is 13.5 Å². The molecule has 0 aliphatic rings. The van der Waals surface area contributed by atoms with Crippen molar-refractivity contribution in [3.8, 4) is 0 Å². The predicted octanol–water partition coefficient (Wildman–Crippen LogP) is 1.79. The molecule has 0 aliphatic heterocycles. The van der Waals surface area contributed by atoms with E-state index in [1.54, 1.807) is 0 Å². The number of carbonyl (C=O) groups is 1. The summed E-state index contributed by atoms with van der Waals surface area (Å²) in [7, 11) is 1.94. The zero-order valence-electron chi connectivity index (χ0n) is 8.75. The van der Waals surface area contributed by atoms with Crippen molar-refractivity contribution >= 4 is 5.97 Å². The number of rotatable bonds is 6. The van der Waals surface area contributed by atoms with Crippen molar-refractivity contribution < 1.29 is 9.53 Å². The van der Waals surface area contributed by atoms with E-state index in [1.807, 2.05) is 18.9 Å². The van der Waals surface area contributed by atoms with Crippen LogP contribution in [0.2, 0.25) is 0 Å². The number of hydrogen-bond acceptors (Lipinski definition) is 3. The lowest BCUT2D eigenvalue weighted by Crippen LogP contribution is -2.35. The van der Waals surface area contributed by atoms with Crippen LogP contribution < -0.4 is 0 Å². The molecular formula is C10H19NO2. The van der Waals surface area contributed by atoms with Gasteiger partial charge in [-0.05, 0) is 20.0 Å². The quantitative estimate of drug-likeness (QED) is 0.359. The van der Waals surface area contributed by atoms with E-state index in [1.165, 1.54) is 6.08 Å². The highest BCUT2D eigenvalue weighted by atomic mass is 16.6. The monoisotopic (exact) mass is 185 g/mol. The van der Waals surface area contributed by atoms with Crippen molar-refractivity contribution in [3.05, 3.63) is 12.7 Å². The van der Waals surface area contributed by atoms with E-state index in [0.717, 1.165) is 19.4 Å². The molecule has 0 aromatic heterocycles. The van der Waals surface area contributed by atoms with Crippen molar-refractivity contribution in [2.45, 2.75) is 32.9 Å². The molecule has 0 saturated heterocycles. The molecule has 0 radical (unpaired) electrons. The summed E-state index contributed by atoms with van der Waals surface area (Å²) in [5, 5.41) is 0. The molecule has 0 aromatic carbocycles. The van der Waals surface area contributed by atoms with Gasteiger partial charge in [0.1, 0.15) is 0 Å². The Labute approximate surface area is 80.4 Å². The molecule has 0 fully saturated rings. The highest BCUT2D eigenvalue weighted by Crippen LogP contribution is 2.06. The molecule has 0 bridgehead atoms. The van der Waals surface area contributed by atoms with Crippen molar-refractivity contribution in [1.29, 1.82) is 0 Å². The lowest BCUT2D eigenvalue weighted by Gasteiger charge is -2.25. The van der Waals surface area contributed by atoms with Crippen molar-refractivity contribution in [1.82, 2.24) is 4.90 Å². The van der Waals surface area contributed by atoms with Gasteiger partial charge in [-0.3, -0.25) is 4.90 Å². The van der Waals surface area contributed by atoms with Crippen LogP contribution in [0.25, 0.3) is 0 Å². The lowest BCUT2D eigenvalue weighted by molar-refractivity contribution is -0.152. The van der Waals surface area contributed by atoms with E-state index in [4.69, 9.17) is 4.74 Å². The van der Waals surface area contributed by atoms with Gasteiger partial charge in [0.2, 0.25) is 0 Å². The third-order valence-corrected chi connectivity index (χ3v) is 1.94. The number of nitrogens with zero attached hydrogens (tertiary/aromatic N) is 1. The Morgan fingerprint density at radius 2 is 2.23 bits per heavy atom. The van der Waals surface area contributed by atoms with Crippen LogP contribution in [0.15, 0.2) is 12.7 Å². The highest BCUT2D eigenvalue weighted by molar-refractivity contribution is 5.81. The second-order valence-corrected chi connectivity index (χ2v) is 2.96. The molecule has 0 heterocycles. The van der Waals surface area contributed by atoms with E-state index in [0.29, 0.717) is 0 Å². The summed E-state index contributed by atoms with van der Waals surface area (Å²) in [5.41, 5.74) is 0. The number of esters is 1. The van der Waals surface area contributed by atoms with Gasteiger partial charge in [-0.1, -0.05) is 26.8 Å². The molecule has 0 N–H and O–H groups in total. The van der Waals surface area contributed by atoms with E-state index >= 15 is 0 Å². The molecular weight excluding hydrogens is 166 g/mol. The fourth-order valence-corrected chi connectivity index (χ4v) is 1.00. The second kappa shape index (κ2) is 6.66. The van der Waals surface area contributed by atoms with E-state index in [-0.39, 0.29) is 12.2 Å². The zero-order chi connectivity index (χ0) is 10.3. The maximum atomic E-state index is 11.0. The summed E-state index contributed by atoms with van der Waals surface area (Å²) in [6.45, 7) is 8.34. The molecule has 3 heteroatoms. The van der Waals surface area contributed by atoms with Crippen LogP contribution in [0.1, 0.15) is 26.7 Å². The van der Waals surface area contributed by atoms with Gasteiger partial charge in [0.15, 0.2) is 6.23 Å². The van der Waals surface area contributed by atoms with Gasteiger partial charge in [0.25, 0.3) is 0 Å². The standard InChI is InChI=1S/C10H19NO2/c1-5-8-9(11(4)7-3)13-10(12)6-2/h6,9H,2,5,7-8H2,1,3-4H3. The molecule has 0 aliphatic carbocycles. The van der Waals surface area contributed by atoms with Crippen LogP contribution >= 0.6 is 0 Å². The van der Waals surface area contributed by atoms with Crippen LogP contribution in [-0.2, 0) is 9.53 Å². The number of carbonyl (C=O) groups excluding carboxylic acids is 1. The minimum Gasteiger partial charge on any atom is -0.443 e.